The number of halogens is 1. The Kier molecular flexibility index (Phi) is 4.02. The van der Waals surface area contributed by atoms with Crippen LogP contribution in [0.4, 0.5) is 4.39 Å². The highest BCUT2D eigenvalue weighted by molar-refractivity contribution is 5.97. The Morgan fingerprint density at radius 1 is 1.38 bits per heavy atom. The van der Waals surface area contributed by atoms with E-state index < -0.39 is 23.5 Å². The van der Waals surface area contributed by atoms with Gasteiger partial charge in [-0.2, -0.15) is 5.10 Å². The number of ketones is 1. The summed E-state index contributed by atoms with van der Waals surface area (Å²) < 4.78 is 13.3. The fraction of sp³-hybridized carbons (Fsp3) is 0.214. The number of aromatic amines is 1. The third-order valence-electron chi connectivity index (χ3n) is 3.00. The van der Waals surface area contributed by atoms with Gasteiger partial charge in [-0.3, -0.25) is 14.7 Å². The summed E-state index contributed by atoms with van der Waals surface area (Å²) in [6.07, 6.45) is 0. The highest BCUT2D eigenvalue weighted by Crippen LogP contribution is 2.20. The van der Waals surface area contributed by atoms with Gasteiger partial charge in [-0.1, -0.05) is 6.07 Å². The number of H-pyrrole nitrogens is 1. The number of aromatic nitrogens is 2. The zero-order chi connectivity index (χ0) is 15.6. The Morgan fingerprint density at radius 3 is 2.67 bits per heavy atom. The first-order valence-electron chi connectivity index (χ1n) is 6.24. The molecule has 1 heterocycles. The molecule has 0 fully saturated rings. The summed E-state index contributed by atoms with van der Waals surface area (Å²) in [5.41, 5.74) is 0.819. The van der Waals surface area contributed by atoms with E-state index in [-0.39, 0.29) is 17.2 Å². The van der Waals surface area contributed by atoms with Crippen LogP contribution in [0, 0.1) is 5.82 Å². The summed E-state index contributed by atoms with van der Waals surface area (Å²) in [6.45, 7) is 3.02. The van der Waals surface area contributed by atoms with Crippen LogP contribution in [0.1, 0.15) is 46.4 Å². The van der Waals surface area contributed by atoms with Crippen molar-refractivity contribution >= 4 is 11.7 Å². The van der Waals surface area contributed by atoms with E-state index in [9.17, 15) is 14.0 Å². The maximum Gasteiger partial charge on any atom is 0.269 e. The van der Waals surface area contributed by atoms with E-state index in [4.69, 9.17) is 5.11 Å². The molecule has 1 atom stereocenters. The number of nitrogens with zero attached hydrogens (tertiary/aromatic N) is 1. The Labute approximate surface area is 120 Å². The van der Waals surface area contributed by atoms with Crippen LogP contribution in [0.15, 0.2) is 24.3 Å². The fourth-order valence-electron chi connectivity index (χ4n) is 1.77. The predicted molar refractivity (Wildman–Crippen MR) is 72.5 cm³/mol. The third-order valence-corrected chi connectivity index (χ3v) is 3.00. The van der Waals surface area contributed by atoms with Crippen LogP contribution in [-0.2, 0) is 0 Å². The van der Waals surface area contributed by atoms with Gasteiger partial charge in [0, 0.05) is 6.92 Å². The lowest BCUT2D eigenvalue weighted by atomic mass is 10.1. The molecule has 6 nitrogen and oxygen atoms in total. The van der Waals surface area contributed by atoms with Crippen molar-refractivity contribution in [3.8, 4) is 5.75 Å². The first-order valence-corrected chi connectivity index (χ1v) is 6.24. The quantitative estimate of drug-likeness (QED) is 0.750. The summed E-state index contributed by atoms with van der Waals surface area (Å²) >= 11 is 0. The Morgan fingerprint density at radius 2 is 2.10 bits per heavy atom. The van der Waals surface area contributed by atoms with Gasteiger partial charge in [-0.25, -0.2) is 4.39 Å². The van der Waals surface area contributed by atoms with E-state index in [1.54, 1.807) is 6.92 Å². The van der Waals surface area contributed by atoms with Crippen molar-refractivity contribution in [3.05, 3.63) is 47.0 Å². The minimum atomic E-state index is -0.756. The summed E-state index contributed by atoms with van der Waals surface area (Å²) in [6, 6.07) is 4.75. The molecular weight excluding hydrogens is 277 g/mol. The van der Waals surface area contributed by atoms with E-state index in [1.165, 1.54) is 25.1 Å². The van der Waals surface area contributed by atoms with Gasteiger partial charge in [0.05, 0.1) is 6.04 Å². The number of nitrogens with one attached hydrogen (secondary N) is 2. The molecule has 0 bridgehead atoms. The second-order valence-corrected chi connectivity index (χ2v) is 4.63. The van der Waals surface area contributed by atoms with Crippen LogP contribution in [0.5, 0.6) is 5.75 Å². The second kappa shape index (κ2) is 5.74. The first-order chi connectivity index (χ1) is 9.88. The molecule has 0 saturated carbocycles. The van der Waals surface area contributed by atoms with Crippen LogP contribution >= 0.6 is 0 Å². The molecule has 1 aromatic heterocycles. The standard InChI is InChI=1S/C14H14FN3O3/c1-7(9-3-4-13(20)10(15)5-9)16-14(21)12-6-11(8(2)19)17-18-12/h3-7,20H,1-2H3,(H,16,21)(H,17,18)/t7-/m0/s1. The Bertz CT molecular complexity index is 697. The van der Waals surface area contributed by atoms with Crippen molar-refractivity contribution in [1.29, 1.82) is 0 Å². The maximum absolute atomic E-state index is 13.3. The van der Waals surface area contributed by atoms with Crippen LogP contribution in [0.25, 0.3) is 0 Å². The monoisotopic (exact) mass is 291 g/mol. The predicted octanol–water partition coefficient (Wildman–Crippen LogP) is 1.95. The van der Waals surface area contributed by atoms with Gasteiger partial charge in [0.2, 0.25) is 0 Å². The Balaban J connectivity index is 2.10. The van der Waals surface area contributed by atoms with Gasteiger partial charge in [0.15, 0.2) is 17.3 Å². The lowest BCUT2D eigenvalue weighted by molar-refractivity contribution is 0.0934. The molecule has 110 valence electrons. The number of Topliss-reactive ketones (excluding diaryl/α,β-unsaturated/α-hetero) is 1. The van der Waals surface area contributed by atoms with Crippen molar-refractivity contribution in [2.75, 3.05) is 0 Å². The lowest BCUT2D eigenvalue weighted by Crippen LogP contribution is -2.27. The average molecular weight is 291 g/mol. The van der Waals surface area contributed by atoms with E-state index in [0.29, 0.717) is 5.56 Å². The van der Waals surface area contributed by atoms with Crippen LogP contribution in [0.2, 0.25) is 0 Å². The number of aromatic hydroxyl groups is 1. The topological polar surface area (TPSA) is 95.1 Å². The van der Waals surface area contributed by atoms with Gasteiger partial charge in [-0.05, 0) is 30.7 Å². The number of benzene rings is 1. The van der Waals surface area contributed by atoms with Crippen molar-refractivity contribution in [2.24, 2.45) is 0 Å². The van der Waals surface area contributed by atoms with Crippen molar-refractivity contribution in [1.82, 2.24) is 15.5 Å². The summed E-state index contributed by atoms with van der Waals surface area (Å²) in [4.78, 5) is 23.1. The third kappa shape index (κ3) is 3.25. The van der Waals surface area contributed by atoms with Crippen LogP contribution in [0.3, 0.4) is 0 Å². The van der Waals surface area contributed by atoms with Crippen molar-refractivity contribution < 1.29 is 19.1 Å². The fourth-order valence-corrected chi connectivity index (χ4v) is 1.77. The Hall–Kier alpha value is -2.70. The van der Waals surface area contributed by atoms with E-state index in [2.05, 4.69) is 15.5 Å². The first kappa shape index (κ1) is 14.7. The van der Waals surface area contributed by atoms with E-state index >= 15 is 0 Å². The molecule has 7 heteroatoms. The van der Waals surface area contributed by atoms with Crippen LogP contribution in [-0.4, -0.2) is 27.0 Å². The lowest BCUT2D eigenvalue weighted by Gasteiger charge is -2.13. The molecule has 0 aliphatic carbocycles. The number of rotatable bonds is 4. The molecule has 1 aromatic carbocycles. The van der Waals surface area contributed by atoms with Gasteiger partial charge < -0.3 is 10.4 Å². The zero-order valence-corrected chi connectivity index (χ0v) is 11.5. The van der Waals surface area contributed by atoms with E-state index in [1.807, 2.05) is 0 Å². The highest BCUT2D eigenvalue weighted by atomic mass is 19.1. The van der Waals surface area contributed by atoms with Gasteiger partial charge in [0.1, 0.15) is 11.4 Å². The minimum Gasteiger partial charge on any atom is -0.505 e. The highest BCUT2D eigenvalue weighted by Gasteiger charge is 2.16. The molecule has 2 rings (SSSR count). The summed E-state index contributed by atoms with van der Waals surface area (Å²) in [7, 11) is 0. The second-order valence-electron chi connectivity index (χ2n) is 4.63. The van der Waals surface area contributed by atoms with Gasteiger partial charge in [-0.15, -0.1) is 0 Å². The molecule has 0 radical (unpaired) electrons. The molecule has 0 aliphatic rings. The summed E-state index contributed by atoms with van der Waals surface area (Å²) in [5, 5.41) is 18.0. The minimum absolute atomic E-state index is 0.145. The van der Waals surface area contributed by atoms with Gasteiger partial charge in [0.25, 0.3) is 5.91 Å². The summed E-state index contributed by atoms with van der Waals surface area (Å²) in [5.74, 6) is -1.92. The number of carbonyl (C=O) groups excluding carboxylic acids is 2. The molecule has 1 amide bonds. The van der Waals surface area contributed by atoms with Crippen molar-refractivity contribution in [3.63, 3.8) is 0 Å². The molecule has 2 aromatic rings. The van der Waals surface area contributed by atoms with Crippen LogP contribution < -0.4 is 5.32 Å². The molecule has 3 N–H and O–H groups in total. The van der Waals surface area contributed by atoms with E-state index in [0.717, 1.165) is 6.07 Å². The SMILES string of the molecule is CC(=O)c1cc(C(=O)N[C@@H](C)c2ccc(O)c(F)c2)[nH]n1. The smallest absolute Gasteiger partial charge is 0.269 e. The number of hydrogen-bond donors (Lipinski definition) is 3. The molecular formula is C14H14FN3O3. The molecule has 0 saturated heterocycles. The van der Waals surface area contributed by atoms with Crippen molar-refractivity contribution in [2.45, 2.75) is 19.9 Å². The molecule has 21 heavy (non-hydrogen) atoms. The maximum atomic E-state index is 13.3. The number of carbonyl (C=O) groups is 2. The number of phenolic OH excluding ortho intramolecular Hbond substituents is 1. The molecule has 0 spiro atoms. The number of phenols is 1. The molecule has 0 unspecified atom stereocenters. The normalized spacial score (nSPS) is 12.0. The molecule has 0 aliphatic heterocycles. The average Bonchev–Trinajstić information content (AvgIpc) is 2.91. The number of hydrogen-bond acceptors (Lipinski definition) is 4. The van der Waals surface area contributed by atoms with Gasteiger partial charge >= 0.3 is 0 Å². The largest absolute Gasteiger partial charge is 0.505 e. The number of amides is 1. The zero-order valence-electron chi connectivity index (χ0n) is 11.5.